The van der Waals surface area contributed by atoms with Crippen LogP contribution < -0.4 is 9.64 Å². The maximum Gasteiger partial charge on any atom is 0.394 e. The number of methoxy groups -OCH3 is 1. The van der Waals surface area contributed by atoms with Crippen molar-refractivity contribution >= 4 is 28.2 Å². The Labute approximate surface area is 150 Å². The molecule has 8 nitrogen and oxygen atoms in total. The monoisotopic (exact) mass is 385 g/mol. The molecular weight excluding hydrogens is 371 g/mol. The molecule has 2 atom stereocenters. The first-order valence-corrected chi connectivity index (χ1v) is 7.79. The fraction of sp³-hybridized carbons (Fsp3) is 0.375. The van der Waals surface area contributed by atoms with Gasteiger partial charge in [-0.05, 0) is 12.1 Å². The molecule has 0 saturated carbocycles. The lowest BCUT2D eigenvalue weighted by Gasteiger charge is -2.21. The largest absolute Gasteiger partial charge is 0.497 e. The number of carbonyl (C=O) groups is 1. The second-order valence-electron chi connectivity index (χ2n) is 6.13. The molecule has 2 aromatic rings. The first-order valence-electron chi connectivity index (χ1n) is 7.79. The van der Waals surface area contributed by atoms with Crippen molar-refractivity contribution in [1.82, 2.24) is 4.98 Å². The SMILES string of the molecule is COc1ccc2c(N3C[C@@H](C(F)(F)F)[C@H](C(=O)O)C3)c([N+](=O)[O-])cnc2c1. The summed E-state index contributed by atoms with van der Waals surface area (Å²) in [6.07, 6.45) is -3.79. The van der Waals surface area contributed by atoms with Crippen molar-refractivity contribution in [2.75, 3.05) is 25.1 Å². The number of fused-ring (bicyclic) bond motifs is 1. The van der Waals surface area contributed by atoms with E-state index in [9.17, 15) is 33.2 Å². The van der Waals surface area contributed by atoms with E-state index in [1.54, 1.807) is 0 Å². The third kappa shape index (κ3) is 3.32. The highest BCUT2D eigenvalue weighted by atomic mass is 19.4. The van der Waals surface area contributed by atoms with E-state index in [0.29, 0.717) is 5.75 Å². The smallest absolute Gasteiger partial charge is 0.394 e. The number of nitro groups is 1. The summed E-state index contributed by atoms with van der Waals surface area (Å²) < 4.78 is 44.9. The van der Waals surface area contributed by atoms with E-state index in [2.05, 4.69) is 4.98 Å². The maximum absolute atomic E-state index is 13.3. The molecule has 2 heterocycles. The Bertz CT molecular complexity index is 918. The number of aliphatic carboxylic acids is 1. The fourth-order valence-electron chi connectivity index (χ4n) is 3.31. The van der Waals surface area contributed by atoms with Crippen LogP contribution in [-0.2, 0) is 4.79 Å². The van der Waals surface area contributed by atoms with Gasteiger partial charge in [-0.15, -0.1) is 0 Å². The van der Waals surface area contributed by atoms with Crippen LogP contribution in [0.2, 0.25) is 0 Å². The highest BCUT2D eigenvalue weighted by Crippen LogP contribution is 2.44. The van der Waals surface area contributed by atoms with Gasteiger partial charge in [0.05, 0.1) is 29.4 Å². The molecular formula is C16H14F3N3O5. The Morgan fingerprint density at radius 1 is 1.41 bits per heavy atom. The van der Waals surface area contributed by atoms with Crippen molar-refractivity contribution in [2.24, 2.45) is 11.8 Å². The number of aromatic nitrogens is 1. The van der Waals surface area contributed by atoms with E-state index in [1.165, 1.54) is 25.3 Å². The Balaban J connectivity index is 2.16. The van der Waals surface area contributed by atoms with Gasteiger partial charge in [0.1, 0.15) is 17.6 Å². The van der Waals surface area contributed by atoms with E-state index in [-0.39, 0.29) is 16.6 Å². The van der Waals surface area contributed by atoms with Gasteiger partial charge in [0, 0.05) is 24.5 Å². The van der Waals surface area contributed by atoms with Crippen LogP contribution in [0.5, 0.6) is 5.75 Å². The van der Waals surface area contributed by atoms with Crippen LogP contribution in [0.25, 0.3) is 10.9 Å². The van der Waals surface area contributed by atoms with Crippen LogP contribution in [0.3, 0.4) is 0 Å². The molecule has 144 valence electrons. The second kappa shape index (κ2) is 6.56. The van der Waals surface area contributed by atoms with E-state index in [1.807, 2.05) is 0 Å². The number of alkyl halides is 3. The number of hydrogen-bond acceptors (Lipinski definition) is 6. The lowest BCUT2D eigenvalue weighted by molar-refractivity contribution is -0.384. The van der Waals surface area contributed by atoms with E-state index in [0.717, 1.165) is 11.1 Å². The number of anilines is 1. The molecule has 1 aromatic heterocycles. The molecule has 1 saturated heterocycles. The van der Waals surface area contributed by atoms with Gasteiger partial charge in [-0.1, -0.05) is 0 Å². The van der Waals surface area contributed by atoms with Crippen LogP contribution in [-0.4, -0.2) is 47.4 Å². The zero-order valence-electron chi connectivity index (χ0n) is 13.9. The number of carboxylic acid groups (broad SMARTS) is 1. The molecule has 1 fully saturated rings. The zero-order chi connectivity index (χ0) is 19.9. The number of benzene rings is 1. The predicted octanol–water partition coefficient (Wildman–Crippen LogP) is 2.85. The normalized spacial score (nSPS) is 20.1. The van der Waals surface area contributed by atoms with E-state index in [4.69, 9.17) is 4.74 Å². The number of carboxylic acids is 1. The molecule has 1 aliphatic rings. The number of rotatable bonds is 4. The molecule has 0 bridgehead atoms. The number of halogens is 3. The van der Waals surface area contributed by atoms with Gasteiger partial charge in [0.25, 0.3) is 0 Å². The van der Waals surface area contributed by atoms with Crippen molar-refractivity contribution in [3.63, 3.8) is 0 Å². The topological polar surface area (TPSA) is 106 Å². The molecule has 1 N–H and O–H groups in total. The van der Waals surface area contributed by atoms with Crippen molar-refractivity contribution in [2.45, 2.75) is 6.18 Å². The quantitative estimate of drug-likeness (QED) is 0.637. The van der Waals surface area contributed by atoms with Crippen LogP contribution >= 0.6 is 0 Å². The Morgan fingerprint density at radius 2 is 2.11 bits per heavy atom. The summed E-state index contributed by atoms with van der Waals surface area (Å²) in [7, 11) is 1.42. The maximum atomic E-state index is 13.3. The Morgan fingerprint density at radius 3 is 2.63 bits per heavy atom. The summed E-state index contributed by atoms with van der Waals surface area (Å²) in [6, 6.07) is 4.46. The summed E-state index contributed by atoms with van der Waals surface area (Å²) in [6.45, 7) is -1.18. The van der Waals surface area contributed by atoms with Gasteiger partial charge in [-0.25, -0.2) is 4.98 Å². The first kappa shape index (κ1) is 18.7. The fourth-order valence-corrected chi connectivity index (χ4v) is 3.31. The minimum absolute atomic E-state index is 0.0781. The van der Waals surface area contributed by atoms with Crippen molar-refractivity contribution in [1.29, 1.82) is 0 Å². The number of pyridine rings is 1. The molecule has 0 amide bonds. The highest BCUT2D eigenvalue weighted by molar-refractivity contribution is 5.97. The second-order valence-corrected chi connectivity index (χ2v) is 6.13. The molecule has 1 aromatic carbocycles. The van der Waals surface area contributed by atoms with Crippen LogP contribution in [0.4, 0.5) is 24.5 Å². The summed E-state index contributed by atoms with van der Waals surface area (Å²) in [5.74, 6) is -5.02. The molecule has 1 aliphatic heterocycles. The van der Waals surface area contributed by atoms with Gasteiger partial charge in [0.2, 0.25) is 0 Å². The summed E-state index contributed by atoms with van der Waals surface area (Å²) in [4.78, 5) is 27.1. The third-order valence-corrected chi connectivity index (χ3v) is 4.60. The zero-order valence-corrected chi connectivity index (χ0v) is 13.9. The van der Waals surface area contributed by atoms with Crippen molar-refractivity contribution < 1.29 is 32.7 Å². The van der Waals surface area contributed by atoms with Crippen LogP contribution in [0.15, 0.2) is 24.4 Å². The number of nitrogens with zero attached hydrogens (tertiary/aromatic N) is 3. The minimum atomic E-state index is -4.74. The third-order valence-electron chi connectivity index (χ3n) is 4.60. The highest BCUT2D eigenvalue weighted by Gasteiger charge is 2.53. The standard InChI is InChI=1S/C16H14F3N3O5/c1-27-8-2-3-9-12(4-8)20-5-13(22(25)26)14(9)21-6-10(15(23)24)11(7-21)16(17,18)19/h2-5,10-11H,6-7H2,1H3,(H,23,24)/t10-,11-/m1/s1. The van der Waals surface area contributed by atoms with E-state index < -0.39 is 47.7 Å². The summed E-state index contributed by atoms with van der Waals surface area (Å²) >= 11 is 0. The molecule has 11 heteroatoms. The van der Waals surface area contributed by atoms with Crippen LogP contribution in [0.1, 0.15) is 0 Å². The van der Waals surface area contributed by atoms with Crippen LogP contribution in [0, 0.1) is 22.0 Å². The van der Waals surface area contributed by atoms with Crippen molar-refractivity contribution in [3.8, 4) is 5.75 Å². The predicted molar refractivity (Wildman–Crippen MR) is 87.8 cm³/mol. The Kier molecular flexibility index (Phi) is 4.54. The molecule has 3 rings (SSSR count). The average Bonchev–Trinajstić information content (AvgIpc) is 3.05. The van der Waals surface area contributed by atoms with Gasteiger partial charge < -0.3 is 14.7 Å². The summed E-state index contributed by atoms with van der Waals surface area (Å²) in [5, 5.41) is 20.8. The van der Waals surface area contributed by atoms with Gasteiger partial charge in [-0.3, -0.25) is 14.9 Å². The lowest BCUT2D eigenvalue weighted by Crippen LogP contribution is -2.33. The lowest BCUT2D eigenvalue weighted by atomic mass is 9.96. The van der Waals surface area contributed by atoms with Gasteiger partial charge in [0.15, 0.2) is 0 Å². The van der Waals surface area contributed by atoms with Gasteiger partial charge >= 0.3 is 17.8 Å². The van der Waals surface area contributed by atoms with E-state index >= 15 is 0 Å². The molecule has 0 radical (unpaired) electrons. The first-order chi connectivity index (χ1) is 12.6. The average molecular weight is 385 g/mol. The van der Waals surface area contributed by atoms with Gasteiger partial charge in [-0.2, -0.15) is 13.2 Å². The number of hydrogen-bond donors (Lipinski definition) is 1. The number of ether oxygens (including phenoxy) is 1. The molecule has 27 heavy (non-hydrogen) atoms. The molecule has 0 spiro atoms. The molecule has 0 unspecified atom stereocenters. The minimum Gasteiger partial charge on any atom is -0.497 e. The Hall–Kier alpha value is -3.11. The van der Waals surface area contributed by atoms with Crippen molar-refractivity contribution in [3.05, 3.63) is 34.5 Å². The summed E-state index contributed by atoms with van der Waals surface area (Å²) in [5.41, 5.74) is -0.275. The molecule has 0 aliphatic carbocycles.